The highest BCUT2D eigenvalue weighted by Crippen LogP contribution is 2.29. The van der Waals surface area contributed by atoms with Crippen LogP contribution in [0.5, 0.6) is 0 Å². The van der Waals surface area contributed by atoms with Crippen LogP contribution in [-0.4, -0.2) is 29.4 Å². The zero-order valence-electron chi connectivity index (χ0n) is 9.89. The molecular weight excluding hydrogens is 202 g/mol. The van der Waals surface area contributed by atoms with Crippen molar-refractivity contribution in [1.29, 1.82) is 0 Å². The van der Waals surface area contributed by atoms with Crippen LogP contribution in [0.4, 0.5) is 0 Å². The van der Waals surface area contributed by atoms with Crippen LogP contribution in [0.3, 0.4) is 0 Å². The fourth-order valence-corrected chi connectivity index (χ4v) is 1.90. The smallest absolute Gasteiger partial charge is 0.214 e. The zero-order chi connectivity index (χ0) is 12.0. The van der Waals surface area contributed by atoms with E-state index < -0.39 is 0 Å². The Morgan fingerprint density at radius 1 is 1.62 bits per heavy atom. The van der Waals surface area contributed by atoms with Gasteiger partial charge in [0, 0.05) is 25.4 Å². The Labute approximate surface area is 96.5 Å². The van der Waals surface area contributed by atoms with Crippen LogP contribution in [0.25, 0.3) is 0 Å². The van der Waals surface area contributed by atoms with Crippen molar-refractivity contribution in [3.63, 3.8) is 0 Å². The van der Waals surface area contributed by atoms with E-state index in [1.807, 2.05) is 18.5 Å². The SMILES string of the molecule is CC(N)=O.CN1CCC[C@H]1c1cccnc1. The van der Waals surface area contributed by atoms with Crippen molar-refractivity contribution in [2.75, 3.05) is 13.6 Å². The third-order valence-electron chi connectivity index (χ3n) is 2.59. The first-order chi connectivity index (χ1) is 7.61. The van der Waals surface area contributed by atoms with Crippen LogP contribution in [0.1, 0.15) is 31.4 Å². The summed E-state index contributed by atoms with van der Waals surface area (Å²) in [6.45, 7) is 2.53. The number of hydrogen-bond acceptors (Lipinski definition) is 3. The molecule has 2 N–H and O–H groups in total. The summed E-state index contributed by atoms with van der Waals surface area (Å²) in [4.78, 5) is 15.8. The normalized spacial score (nSPS) is 20.0. The van der Waals surface area contributed by atoms with Gasteiger partial charge in [0.25, 0.3) is 0 Å². The fraction of sp³-hybridized carbons (Fsp3) is 0.500. The molecule has 2 rings (SSSR count). The summed E-state index contributed by atoms with van der Waals surface area (Å²) in [6, 6.07) is 4.79. The molecule has 2 heterocycles. The van der Waals surface area contributed by atoms with Gasteiger partial charge in [-0.15, -0.1) is 0 Å². The first-order valence-electron chi connectivity index (χ1n) is 5.47. The number of aromatic nitrogens is 1. The van der Waals surface area contributed by atoms with E-state index in [0.29, 0.717) is 6.04 Å². The number of amides is 1. The van der Waals surface area contributed by atoms with Crippen molar-refractivity contribution >= 4 is 5.91 Å². The van der Waals surface area contributed by atoms with Gasteiger partial charge in [0.1, 0.15) is 0 Å². The topological polar surface area (TPSA) is 59.2 Å². The Morgan fingerprint density at radius 3 is 2.75 bits per heavy atom. The van der Waals surface area contributed by atoms with E-state index in [2.05, 4.69) is 28.7 Å². The Morgan fingerprint density at radius 2 is 2.31 bits per heavy atom. The molecule has 1 atom stereocenters. The fourth-order valence-electron chi connectivity index (χ4n) is 1.90. The van der Waals surface area contributed by atoms with Gasteiger partial charge in [-0.3, -0.25) is 14.7 Å². The van der Waals surface area contributed by atoms with Crippen LogP contribution < -0.4 is 5.73 Å². The molecule has 0 aromatic carbocycles. The van der Waals surface area contributed by atoms with Gasteiger partial charge in [-0.2, -0.15) is 0 Å². The molecule has 1 fully saturated rings. The first-order valence-corrected chi connectivity index (χ1v) is 5.47. The summed E-state index contributed by atoms with van der Waals surface area (Å²) in [5, 5.41) is 0. The molecular formula is C12H19N3O. The maximum Gasteiger partial charge on any atom is 0.214 e. The molecule has 0 spiro atoms. The van der Waals surface area contributed by atoms with Crippen LogP contribution in [0.2, 0.25) is 0 Å². The Bertz CT molecular complexity index is 322. The first kappa shape index (κ1) is 12.6. The summed E-state index contributed by atoms with van der Waals surface area (Å²) < 4.78 is 0. The average molecular weight is 221 g/mol. The summed E-state index contributed by atoms with van der Waals surface area (Å²) in [5.74, 6) is -0.333. The highest BCUT2D eigenvalue weighted by Gasteiger charge is 2.21. The molecule has 16 heavy (non-hydrogen) atoms. The van der Waals surface area contributed by atoms with Gasteiger partial charge >= 0.3 is 0 Å². The molecule has 1 aliphatic rings. The van der Waals surface area contributed by atoms with Gasteiger partial charge in [-0.25, -0.2) is 0 Å². The van der Waals surface area contributed by atoms with E-state index in [0.717, 1.165) is 0 Å². The molecule has 0 saturated carbocycles. The van der Waals surface area contributed by atoms with E-state index in [-0.39, 0.29) is 5.91 Å². The van der Waals surface area contributed by atoms with E-state index in [9.17, 15) is 4.79 Å². The molecule has 0 bridgehead atoms. The summed E-state index contributed by atoms with van der Waals surface area (Å²) in [7, 11) is 2.19. The molecule has 0 aliphatic carbocycles. The lowest BCUT2D eigenvalue weighted by Gasteiger charge is -2.18. The minimum Gasteiger partial charge on any atom is -0.370 e. The van der Waals surface area contributed by atoms with Crippen LogP contribution in [0, 0.1) is 0 Å². The van der Waals surface area contributed by atoms with Gasteiger partial charge in [-0.05, 0) is 38.1 Å². The minimum atomic E-state index is -0.333. The molecule has 1 aliphatic heterocycles. The Kier molecular flexibility index (Phi) is 4.92. The van der Waals surface area contributed by atoms with Gasteiger partial charge in [0.2, 0.25) is 5.91 Å². The molecule has 1 aromatic heterocycles. The molecule has 88 valence electrons. The number of nitrogens with two attached hydrogens (primary N) is 1. The molecule has 1 saturated heterocycles. The Hall–Kier alpha value is -1.42. The van der Waals surface area contributed by atoms with Crippen LogP contribution >= 0.6 is 0 Å². The van der Waals surface area contributed by atoms with Gasteiger partial charge in [0.15, 0.2) is 0 Å². The summed E-state index contributed by atoms with van der Waals surface area (Å²) >= 11 is 0. The quantitative estimate of drug-likeness (QED) is 0.778. The molecule has 1 aromatic rings. The molecule has 0 radical (unpaired) electrons. The van der Waals surface area contributed by atoms with Crippen molar-refractivity contribution in [3.05, 3.63) is 30.1 Å². The molecule has 1 amide bonds. The number of primary amides is 1. The number of pyridine rings is 1. The van der Waals surface area contributed by atoms with E-state index >= 15 is 0 Å². The van der Waals surface area contributed by atoms with Crippen molar-refractivity contribution < 1.29 is 4.79 Å². The van der Waals surface area contributed by atoms with Crippen LogP contribution in [-0.2, 0) is 4.79 Å². The number of nitrogens with zero attached hydrogens (tertiary/aromatic N) is 2. The van der Waals surface area contributed by atoms with Crippen LogP contribution in [0.15, 0.2) is 24.5 Å². The molecule has 0 unspecified atom stereocenters. The lowest BCUT2D eigenvalue weighted by atomic mass is 10.1. The van der Waals surface area contributed by atoms with E-state index in [1.165, 1.54) is 31.9 Å². The second kappa shape index (κ2) is 6.23. The number of likely N-dealkylation sites (tertiary alicyclic amines) is 1. The standard InChI is InChI=1S/C10H14N2.C2H5NO/c1-12-7-3-5-10(12)9-4-2-6-11-8-9;1-2(3)4/h2,4,6,8,10H,3,5,7H2,1H3;1H3,(H2,3,4)/t10-;/m0./s1. The minimum absolute atomic E-state index is 0.333. The summed E-state index contributed by atoms with van der Waals surface area (Å²) in [5.41, 5.74) is 5.83. The largest absolute Gasteiger partial charge is 0.370 e. The van der Waals surface area contributed by atoms with Gasteiger partial charge in [0.05, 0.1) is 0 Å². The second-order valence-electron chi connectivity index (χ2n) is 4.04. The van der Waals surface area contributed by atoms with Gasteiger partial charge in [-0.1, -0.05) is 6.07 Å². The number of carbonyl (C=O) groups excluding carboxylic acids is 1. The predicted molar refractivity (Wildman–Crippen MR) is 63.7 cm³/mol. The average Bonchev–Trinajstić information content (AvgIpc) is 2.65. The van der Waals surface area contributed by atoms with Crippen molar-refractivity contribution in [1.82, 2.24) is 9.88 Å². The summed E-state index contributed by atoms with van der Waals surface area (Å²) in [6.07, 6.45) is 6.41. The zero-order valence-corrected chi connectivity index (χ0v) is 9.89. The molecule has 4 heteroatoms. The third kappa shape index (κ3) is 3.98. The van der Waals surface area contributed by atoms with Gasteiger partial charge < -0.3 is 5.73 Å². The lowest BCUT2D eigenvalue weighted by molar-refractivity contribution is -0.115. The number of hydrogen-bond donors (Lipinski definition) is 1. The highest BCUT2D eigenvalue weighted by atomic mass is 16.1. The lowest BCUT2D eigenvalue weighted by Crippen LogP contribution is -2.17. The van der Waals surface area contributed by atoms with E-state index in [1.54, 1.807) is 0 Å². The van der Waals surface area contributed by atoms with E-state index in [4.69, 9.17) is 0 Å². The second-order valence-corrected chi connectivity index (χ2v) is 4.04. The van der Waals surface area contributed by atoms with Crippen molar-refractivity contribution in [2.45, 2.75) is 25.8 Å². The maximum absolute atomic E-state index is 9.22. The third-order valence-corrected chi connectivity index (χ3v) is 2.59. The Balaban J connectivity index is 0.000000280. The van der Waals surface area contributed by atoms with Crippen molar-refractivity contribution in [2.24, 2.45) is 5.73 Å². The predicted octanol–water partition coefficient (Wildman–Crippen LogP) is 1.34. The number of rotatable bonds is 1. The number of carbonyl (C=O) groups is 1. The maximum atomic E-state index is 9.22. The monoisotopic (exact) mass is 221 g/mol. The molecule has 4 nitrogen and oxygen atoms in total. The van der Waals surface area contributed by atoms with Crippen molar-refractivity contribution in [3.8, 4) is 0 Å². The highest BCUT2D eigenvalue weighted by molar-refractivity contribution is 5.70.